The largest absolute Gasteiger partial charge is 0.379 e. The fourth-order valence-corrected chi connectivity index (χ4v) is 1.54. The Labute approximate surface area is 113 Å². The normalized spacial score (nSPS) is 14.7. The molecule has 3 nitrogen and oxygen atoms in total. The molecule has 3 heteroatoms. The SMILES string of the molecule is C[CH]COC(C)COC(C)COCCCCCC. The van der Waals surface area contributed by atoms with Crippen molar-refractivity contribution in [1.29, 1.82) is 0 Å². The summed E-state index contributed by atoms with van der Waals surface area (Å²) in [5.74, 6) is 0. The van der Waals surface area contributed by atoms with E-state index >= 15 is 0 Å². The van der Waals surface area contributed by atoms with Gasteiger partial charge in [0.15, 0.2) is 0 Å². The highest BCUT2D eigenvalue weighted by Gasteiger charge is 2.06. The van der Waals surface area contributed by atoms with Crippen LogP contribution in [0.5, 0.6) is 0 Å². The molecule has 0 aliphatic carbocycles. The summed E-state index contributed by atoms with van der Waals surface area (Å²) in [7, 11) is 0. The van der Waals surface area contributed by atoms with E-state index in [1.54, 1.807) is 0 Å². The van der Waals surface area contributed by atoms with E-state index in [1.165, 1.54) is 19.3 Å². The molecule has 0 aliphatic rings. The van der Waals surface area contributed by atoms with Crippen molar-refractivity contribution in [3.63, 3.8) is 0 Å². The topological polar surface area (TPSA) is 27.7 Å². The second-order valence-corrected chi connectivity index (χ2v) is 4.83. The lowest BCUT2D eigenvalue weighted by Crippen LogP contribution is -2.23. The van der Waals surface area contributed by atoms with Crippen LogP contribution in [0.4, 0.5) is 0 Å². The van der Waals surface area contributed by atoms with Crippen LogP contribution in [0.1, 0.15) is 53.4 Å². The van der Waals surface area contributed by atoms with Crippen molar-refractivity contribution in [1.82, 2.24) is 0 Å². The zero-order valence-electron chi connectivity index (χ0n) is 12.6. The molecule has 0 amide bonds. The third-order valence-electron chi connectivity index (χ3n) is 2.66. The number of hydrogen-bond acceptors (Lipinski definition) is 3. The van der Waals surface area contributed by atoms with Crippen LogP contribution in [0.25, 0.3) is 0 Å². The first-order chi connectivity index (χ1) is 8.70. The summed E-state index contributed by atoms with van der Waals surface area (Å²) in [4.78, 5) is 0. The zero-order valence-corrected chi connectivity index (χ0v) is 12.6. The van der Waals surface area contributed by atoms with Gasteiger partial charge < -0.3 is 14.2 Å². The summed E-state index contributed by atoms with van der Waals surface area (Å²) >= 11 is 0. The molecule has 0 saturated carbocycles. The molecule has 2 unspecified atom stereocenters. The van der Waals surface area contributed by atoms with Gasteiger partial charge in [-0.25, -0.2) is 0 Å². The lowest BCUT2D eigenvalue weighted by Gasteiger charge is -2.17. The highest BCUT2D eigenvalue weighted by Crippen LogP contribution is 2.01. The van der Waals surface area contributed by atoms with Crippen molar-refractivity contribution in [2.24, 2.45) is 0 Å². The van der Waals surface area contributed by atoms with Gasteiger partial charge in [-0.3, -0.25) is 0 Å². The van der Waals surface area contributed by atoms with Crippen molar-refractivity contribution in [3.05, 3.63) is 6.42 Å². The molecule has 0 N–H and O–H groups in total. The summed E-state index contributed by atoms with van der Waals surface area (Å²) in [6.07, 6.45) is 7.29. The molecule has 0 bridgehead atoms. The van der Waals surface area contributed by atoms with E-state index in [1.807, 2.05) is 27.2 Å². The van der Waals surface area contributed by atoms with Gasteiger partial charge in [-0.15, -0.1) is 0 Å². The van der Waals surface area contributed by atoms with Crippen molar-refractivity contribution >= 4 is 0 Å². The minimum Gasteiger partial charge on any atom is -0.379 e. The van der Waals surface area contributed by atoms with E-state index in [4.69, 9.17) is 14.2 Å². The van der Waals surface area contributed by atoms with E-state index in [0.717, 1.165) is 13.0 Å². The third kappa shape index (κ3) is 12.3. The summed E-state index contributed by atoms with van der Waals surface area (Å²) in [5, 5.41) is 0. The minimum atomic E-state index is 0.146. The fourth-order valence-electron chi connectivity index (χ4n) is 1.54. The van der Waals surface area contributed by atoms with Crippen LogP contribution in [0.2, 0.25) is 0 Å². The average molecular weight is 259 g/mol. The Morgan fingerprint density at radius 2 is 1.67 bits per heavy atom. The van der Waals surface area contributed by atoms with Crippen LogP contribution in [0, 0.1) is 6.42 Å². The average Bonchev–Trinajstić information content (AvgIpc) is 2.38. The highest BCUT2D eigenvalue weighted by molar-refractivity contribution is 4.57. The number of unbranched alkanes of at least 4 members (excludes halogenated alkanes) is 3. The van der Waals surface area contributed by atoms with Crippen molar-refractivity contribution in [2.75, 3.05) is 26.4 Å². The van der Waals surface area contributed by atoms with Gasteiger partial charge in [0.1, 0.15) is 0 Å². The van der Waals surface area contributed by atoms with E-state index in [9.17, 15) is 0 Å². The van der Waals surface area contributed by atoms with Gasteiger partial charge in [-0.2, -0.15) is 0 Å². The molecule has 0 saturated heterocycles. The van der Waals surface area contributed by atoms with Crippen molar-refractivity contribution in [2.45, 2.75) is 65.6 Å². The maximum Gasteiger partial charge on any atom is 0.0781 e. The predicted octanol–water partition coefficient (Wildman–Crippen LogP) is 3.62. The monoisotopic (exact) mass is 259 g/mol. The smallest absolute Gasteiger partial charge is 0.0781 e. The number of hydrogen-bond donors (Lipinski definition) is 0. The van der Waals surface area contributed by atoms with Gasteiger partial charge in [0, 0.05) is 13.2 Å². The Morgan fingerprint density at radius 3 is 2.33 bits per heavy atom. The Balaban J connectivity index is 3.28. The lowest BCUT2D eigenvalue weighted by atomic mass is 10.2. The Hall–Kier alpha value is -0.120. The molecular formula is C15H31O3. The minimum absolute atomic E-state index is 0.146. The third-order valence-corrected chi connectivity index (χ3v) is 2.66. The molecule has 0 aromatic heterocycles. The summed E-state index contributed by atoms with van der Waals surface area (Å²) in [6, 6.07) is 0. The summed E-state index contributed by atoms with van der Waals surface area (Å²) in [6.45, 7) is 11.1. The number of rotatable bonds is 13. The van der Waals surface area contributed by atoms with Crippen LogP contribution in [0.3, 0.4) is 0 Å². The van der Waals surface area contributed by atoms with E-state index < -0.39 is 0 Å². The van der Waals surface area contributed by atoms with Gasteiger partial charge in [0.05, 0.1) is 25.4 Å². The molecule has 0 fully saturated rings. The van der Waals surface area contributed by atoms with Gasteiger partial charge in [0.2, 0.25) is 0 Å². The summed E-state index contributed by atoms with van der Waals surface area (Å²) in [5.41, 5.74) is 0. The predicted molar refractivity (Wildman–Crippen MR) is 75.8 cm³/mol. The maximum absolute atomic E-state index is 5.66. The maximum atomic E-state index is 5.66. The Bertz CT molecular complexity index is 162. The molecular weight excluding hydrogens is 228 g/mol. The molecule has 18 heavy (non-hydrogen) atoms. The molecule has 0 aliphatic heterocycles. The fraction of sp³-hybridized carbons (Fsp3) is 0.933. The van der Waals surface area contributed by atoms with E-state index in [-0.39, 0.29) is 12.2 Å². The van der Waals surface area contributed by atoms with Crippen molar-refractivity contribution in [3.8, 4) is 0 Å². The van der Waals surface area contributed by atoms with Crippen LogP contribution in [-0.2, 0) is 14.2 Å². The molecule has 109 valence electrons. The van der Waals surface area contributed by atoms with E-state index in [2.05, 4.69) is 6.92 Å². The molecule has 1 radical (unpaired) electrons. The van der Waals surface area contributed by atoms with Crippen LogP contribution in [0.15, 0.2) is 0 Å². The lowest BCUT2D eigenvalue weighted by molar-refractivity contribution is -0.0537. The first kappa shape index (κ1) is 17.9. The van der Waals surface area contributed by atoms with Crippen LogP contribution in [-0.4, -0.2) is 38.6 Å². The Morgan fingerprint density at radius 1 is 0.944 bits per heavy atom. The van der Waals surface area contributed by atoms with Gasteiger partial charge in [-0.05, 0) is 26.7 Å². The van der Waals surface area contributed by atoms with Crippen molar-refractivity contribution < 1.29 is 14.2 Å². The first-order valence-electron chi connectivity index (χ1n) is 7.29. The van der Waals surface area contributed by atoms with Crippen LogP contribution >= 0.6 is 0 Å². The Kier molecular flexibility index (Phi) is 13.2. The second kappa shape index (κ2) is 13.3. The number of ether oxygens (including phenoxy) is 3. The molecule has 0 rings (SSSR count). The molecule has 0 aromatic carbocycles. The quantitative estimate of drug-likeness (QED) is 0.473. The molecule has 2 atom stereocenters. The first-order valence-corrected chi connectivity index (χ1v) is 7.29. The standard InChI is InChI=1S/C15H31O3/c1-5-7-8-9-11-16-12-14(3)18-13-15(4)17-10-6-2/h6,14-15H,5,7-13H2,1-4H3. The van der Waals surface area contributed by atoms with Gasteiger partial charge in [0.25, 0.3) is 0 Å². The molecule has 0 heterocycles. The molecule has 0 aromatic rings. The zero-order chi connectivity index (χ0) is 13.6. The van der Waals surface area contributed by atoms with Gasteiger partial charge >= 0.3 is 0 Å². The van der Waals surface area contributed by atoms with Gasteiger partial charge in [-0.1, -0.05) is 33.1 Å². The molecule has 0 spiro atoms. The highest BCUT2D eigenvalue weighted by atomic mass is 16.6. The second-order valence-electron chi connectivity index (χ2n) is 4.83. The van der Waals surface area contributed by atoms with E-state index in [0.29, 0.717) is 19.8 Å². The van der Waals surface area contributed by atoms with Crippen LogP contribution < -0.4 is 0 Å². The summed E-state index contributed by atoms with van der Waals surface area (Å²) < 4.78 is 16.7.